The molecule has 0 aliphatic carbocycles. The van der Waals surface area contributed by atoms with Gasteiger partial charge < -0.3 is 4.90 Å². The van der Waals surface area contributed by atoms with E-state index in [1.54, 1.807) is 0 Å². The van der Waals surface area contributed by atoms with Gasteiger partial charge in [0.15, 0.2) is 0 Å². The topological polar surface area (TPSA) is 18.8 Å². The van der Waals surface area contributed by atoms with Gasteiger partial charge >= 0.3 is 0 Å². The minimum Gasteiger partial charge on any atom is -0.368 e. The van der Waals surface area contributed by atoms with Crippen molar-refractivity contribution >= 4 is 11.9 Å². The number of nitrogens with zero attached hydrogens (tertiary/aromatic N) is 3. The van der Waals surface area contributed by atoms with Crippen molar-refractivity contribution in [1.29, 1.82) is 0 Å². The molecule has 0 amide bonds. The second-order valence-corrected chi connectivity index (χ2v) is 7.39. The van der Waals surface area contributed by atoms with Crippen molar-refractivity contribution in [2.45, 2.75) is 26.2 Å². The molecular formula is C21H27N3. The Balaban J connectivity index is 1.55. The van der Waals surface area contributed by atoms with E-state index in [1.165, 1.54) is 11.3 Å². The van der Waals surface area contributed by atoms with Crippen molar-refractivity contribution in [1.82, 2.24) is 5.01 Å². The van der Waals surface area contributed by atoms with E-state index >= 15 is 0 Å². The molecule has 1 aliphatic rings. The molecule has 0 spiro atoms. The van der Waals surface area contributed by atoms with Crippen molar-refractivity contribution < 1.29 is 0 Å². The lowest BCUT2D eigenvalue weighted by Crippen LogP contribution is -2.44. The van der Waals surface area contributed by atoms with Gasteiger partial charge in [0, 0.05) is 18.8 Å². The second kappa shape index (κ2) is 7.08. The van der Waals surface area contributed by atoms with Crippen LogP contribution in [0.4, 0.5) is 5.69 Å². The molecule has 1 saturated heterocycles. The van der Waals surface area contributed by atoms with Crippen LogP contribution in [-0.2, 0) is 5.41 Å². The van der Waals surface area contributed by atoms with E-state index in [9.17, 15) is 0 Å². The fourth-order valence-corrected chi connectivity index (χ4v) is 2.93. The van der Waals surface area contributed by atoms with Crippen LogP contribution in [0.1, 0.15) is 31.9 Å². The summed E-state index contributed by atoms with van der Waals surface area (Å²) in [5.41, 5.74) is 4.02. The first-order chi connectivity index (χ1) is 11.5. The summed E-state index contributed by atoms with van der Waals surface area (Å²) in [4.78, 5) is 2.42. The molecule has 1 fully saturated rings. The molecule has 0 saturated carbocycles. The van der Waals surface area contributed by atoms with Crippen molar-refractivity contribution in [2.24, 2.45) is 5.10 Å². The molecule has 126 valence electrons. The lowest BCUT2D eigenvalue weighted by Gasteiger charge is -2.34. The predicted octanol–water partition coefficient (Wildman–Crippen LogP) is 4.14. The molecule has 3 heteroatoms. The molecule has 3 nitrogen and oxygen atoms in total. The van der Waals surface area contributed by atoms with Gasteiger partial charge in [-0.2, -0.15) is 5.10 Å². The van der Waals surface area contributed by atoms with Crippen LogP contribution < -0.4 is 4.90 Å². The quantitative estimate of drug-likeness (QED) is 0.791. The standard InChI is InChI=1S/C21H27N3/c1-21(2,3)19-11-9-18(10-12-19)17-22-24-15-13-23(14-16-24)20-7-5-4-6-8-20/h4-12,17H,13-16H2,1-3H3/b22-17-. The second-order valence-electron chi connectivity index (χ2n) is 7.39. The monoisotopic (exact) mass is 321 g/mol. The Bertz CT molecular complexity index is 660. The maximum absolute atomic E-state index is 4.66. The molecule has 3 rings (SSSR count). The minimum absolute atomic E-state index is 0.198. The van der Waals surface area contributed by atoms with Gasteiger partial charge in [0.05, 0.1) is 19.3 Å². The largest absolute Gasteiger partial charge is 0.368 e. The van der Waals surface area contributed by atoms with Gasteiger partial charge in [-0.15, -0.1) is 0 Å². The van der Waals surface area contributed by atoms with Crippen molar-refractivity contribution in [3.05, 3.63) is 65.7 Å². The van der Waals surface area contributed by atoms with E-state index in [-0.39, 0.29) is 5.41 Å². The third-order valence-electron chi connectivity index (χ3n) is 4.52. The van der Waals surface area contributed by atoms with E-state index in [0.29, 0.717) is 0 Å². The van der Waals surface area contributed by atoms with Gasteiger partial charge in [0.25, 0.3) is 0 Å². The molecule has 0 N–H and O–H groups in total. The minimum atomic E-state index is 0.198. The number of anilines is 1. The van der Waals surface area contributed by atoms with Gasteiger partial charge in [-0.05, 0) is 28.7 Å². The number of hydrazone groups is 1. The highest BCUT2D eigenvalue weighted by Crippen LogP contribution is 2.22. The number of para-hydroxylation sites is 1. The van der Waals surface area contributed by atoms with Crippen molar-refractivity contribution in [3.63, 3.8) is 0 Å². The Labute approximate surface area is 145 Å². The number of hydrogen-bond acceptors (Lipinski definition) is 3. The lowest BCUT2D eigenvalue weighted by molar-refractivity contribution is 0.272. The zero-order chi connectivity index (χ0) is 17.0. The predicted molar refractivity (Wildman–Crippen MR) is 103 cm³/mol. The zero-order valence-electron chi connectivity index (χ0n) is 14.9. The third kappa shape index (κ3) is 4.16. The number of rotatable bonds is 3. The van der Waals surface area contributed by atoms with Crippen LogP contribution in [0.2, 0.25) is 0 Å². The summed E-state index contributed by atoms with van der Waals surface area (Å²) in [5, 5.41) is 6.82. The fraction of sp³-hybridized carbons (Fsp3) is 0.381. The SMILES string of the molecule is CC(C)(C)c1ccc(/C=N\N2CCN(c3ccccc3)CC2)cc1. The number of hydrogen-bond donors (Lipinski definition) is 0. The van der Waals surface area contributed by atoms with Crippen molar-refractivity contribution in [3.8, 4) is 0 Å². The maximum Gasteiger partial charge on any atom is 0.0542 e. The van der Waals surface area contributed by atoms with Gasteiger partial charge in [0.1, 0.15) is 0 Å². The van der Waals surface area contributed by atoms with Crippen LogP contribution in [-0.4, -0.2) is 37.4 Å². The van der Waals surface area contributed by atoms with Crippen LogP contribution in [0, 0.1) is 0 Å². The van der Waals surface area contributed by atoms with Crippen LogP contribution in [0.25, 0.3) is 0 Å². The van der Waals surface area contributed by atoms with Gasteiger partial charge in [0.2, 0.25) is 0 Å². The van der Waals surface area contributed by atoms with E-state index < -0.39 is 0 Å². The van der Waals surface area contributed by atoms with Crippen LogP contribution in [0.5, 0.6) is 0 Å². The normalized spacial score (nSPS) is 16.0. The lowest BCUT2D eigenvalue weighted by atomic mass is 9.87. The van der Waals surface area contributed by atoms with Crippen molar-refractivity contribution in [2.75, 3.05) is 31.1 Å². The number of piperazine rings is 1. The zero-order valence-corrected chi connectivity index (χ0v) is 14.9. The summed E-state index contributed by atoms with van der Waals surface area (Å²) in [6.45, 7) is 10.7. The Morgan fingerprint density at radius 1 is 0.833 bits per heavy atom. The molecule has 0 radical (unpaired) electrons. The van der Waals surface area contributed by atoms with E-state index in [0.717, 1.165) is 31.7 Å². The molecule has 0 bridgehead atoms. The molecule has 24 heavy (non-hydrogen) atoms. The summed E-state index contributed by atoms with van der Waals surface area (Å²) in [5.74, 6) is 0. The summed E-state index contributed by atoms with van der Waals surface area (Å²) in [7, 11) is 0. The highest BCUT2D eigenvalue weighted by molar-refractivity contribution is 5.79. The average molecular weight is 321 g/mol. The molecule has 1 heterocycles. The van der Waals surface area contributed by atoms with Gasteiger partial charge in [-0.1, -0.05) is 63.2 Å². The first-order valence-corrected chi connectivity index (χ1v) is 8.72. The highest BCUT2D eigenvalue weighted by Gasteiger charge is 2.15. The summed E-state index contributed by atoms with van der Waals surface area (Å²) in [6.07, 6.45) is 1.98. The molecule has 2 aromatic rings. The van der Waals surface area contributed by atoms with E-state index in [1.807, 2.05) is 6.21 Å². The molecular weight excluding hydrogens is 294 g/mol. The molecule has 0 atom stereocenters. The van der Waals surface area contributed by atoms with Crippen LogP contribution in [0.15, 0.2) is 59.7 Å². The smallest absolute Gasteiger partial charge is 0.0542 e. The summed E-state index contributed by atoms with van der Waals surface area (Å²) < 4.78 is 0. The molecule has 0 aromatic heterocycles. The molecule has 0 unspecified atom stereocenters. The summed E-state index contributed by atoms with van der Waals surface area (Å²) >= 11 is 0. The van der Waals surface area contributed by atoms with Gasteiger partial charge in [-0.3, -0.25) is 5.01 Å². The van der Waals surface area contributed by atoms with E-state index in [2.05, 4.69) is 90.4 Å². The first kappa shape index (κ1) is 16.6. The summed E-state index contributed by atoms with van der Waals surface area (Å²) in [6, 6.07) is 19.3. The fourth-order valence-electron chi connectivity index (χ4n) is 2.93. The Hall–Kier alpha value is -2.29. The number of benzene rings is 2. The van der Waals surface area contributed by atoms with Crippen LogP contribution >= 0.6 is 0 Å². The highest BCUT2D eigenvalue weighted by atomic mass is 15.5. The third-order valence-corrected chi connectivity index (χ3v) is 4.52. The maximum atomic E-state index is 4.66. The average Bonchev–Trinajstić information content (AvgIpc) is 2.61. The first-order valence-electron chi connectivity index (χ1n) is 8.72. The van der Waals surface area contributed by atoms with Crippen LogP contribution in [0.3, 0.4) is 0 Å². The molecule has 1 aliphatic heterocycles. The van der Waals surface area contributed by atoms with E-state index in [4.69, 9.17) is 0 Å². The Morgan fingerprint density at radius 2 is 1.46 bits per heavy atom. The molecule has 2 aromatic carbocycles. The Morgan fingerprint density at radius 3 is 2.04 bits per heavy atom. The van der Waals surface area contributed by atoms with Gasteiger partial charge in [-0.25, -0.2) is 0 Å². The Kier molecular flexibility index (Phi) is 4.89.